The second kappa shape index (κ2) is 5.15. The van der Waals surface area contributed by atoms with E-state index in [1.165, 1.54) is 32.4 Å². The van der Waals surface area contributed by atoms with Crippen LogP contribution in [0.2, 0.25) is 0 Å². The fourth-order valence-corrected chi connectivity index (χ4v) is 4.13. The highest BCUT2D eigenvalue weighted by Gasteiger charge is 2.16. The lowest BCUT2D eigenvalue weighted by atomic mass is 10.00. The molecule has 16 heavy (non-hydrogen) atoms. The van der Waals surface area contributed by atoms with Gasteiger partial charge in [0.2, 0.25) is 0 Å². The van der Waals surface area contributed by atoms with E-state index in [-0.39, 0.29) is 0 Å². The second-order valence-electron chi connectivity index (χ2n) is 4.24. The van der Waals surface area contributed by atoms with Crippen LogP contribution in [0.3, 0.4) is 0 Å². The summed E-state index contributed by atoms with van der Waals surface area (Å²) in [6.07, 6.45) is 2.51. The quantitative estimate of drug-likeness (QED) is 0.685. The fraction of sp³-hybridized carbons (Fsp3) is 0.429. The second-order valence-corrected chi connectivity index (χ2v) is 6.88. The molecule has 0 nitrogen and oxygen atoms in total. The Morgan fingerprint density at radius 1 is 0.938 bits per heavy atom. The monoisotopic (exact) mass is 250 g/mol. The molecule has 0 spiro atoms. The van der Waals surface area contributed by atoms with Crippen LogP contribution in [0.25, 0.3) is 0 Å². The summed E-state index contributed by atoms with van der Waals surface area (Å²) in [6.45, 7) is 6.65. The number of hydrogen-bond acceptors (Lipinski definition) is 2. The zero-order chi connectivity index (χ0) is 11.5. The minimum atomic E-state index is 0.627. The molecule has 0 unspecified atom stereocenters. The average Bonchev–Trinajstić information content (AvgIpc) is 2.84. The van der Waals surface area contributed by atoms with E-state index >= 15 is 0 Å². The normalized spacial score (nSPS) is 11.2. The molecule has 0 aliphatic carbocycles. The van der Waals surface area contributed by atoms with Crippen LogP contribution >= 0.6 is 22.7 Å². The molecule has 0 aliphatic rings. The lowest BCUT2D eigenvalue weighted by Gasteiger charge is -2.12. The first-order valence-corrected chi connectivity index (χ1v) is 7.46. The van der Waals surface area contributed by atoms with Crippen LogP contribution in [0, 0.1) is 13.8 Å². The van der Waals surface area contributed by atoms with Gasteiger partial charge in [-0.1, -0.05) is 13.3 Å². The Morgan fingerprint density at radius 2 is 1.44 bits per heavy atom. The van der Waals surface area contributed by atoms with Crippen molar-refractivity contribution in [1.82, 2.24) is 0 Å². The van der Waals surface area contributed by atoms with Crippen molar-refractivity contribution in [2.75, 3.05) is 0 Å². The number of thiophene rings is 2. The summed E-state index contributed by atoms with van der Waals surface area (Å²) in [6, 6.07) is 9.08. The third-order valence-electron chi connectivity index (χ3n) is 2.79. The summed E-state index contributed by atoms with van der Waals surface area (Å²) < 4.78 is 0. The van der Waals surface area contributed by atoms with Crippen LogP contribution in [-0.2, 0) is 0 Å². The molecular weight excluding hydrogens is 232 g/mol. The highest BCUT2D eigenvalue weighted by Crippen LogP contribution is 2.37. The molecule has 2 heterocycles. The maximum absolute atomic E-state index is 2.30. The zero-order valence-corrected chi connectivity index (χ0v) is 11.8. The van der Waals surface area contributed by atoms with Crippen molar-refractivity contribution in [3.63, 3.8) is 0 Å². The van der Waals surface area contributed by atoms with Gasteiger partial charge in [0.1, 0.15) is 0 Å². The molecule has 0 amide bonds. The topological polar surface area (TPSA) is 0 Å². The summed E-state index contributed by atoms with van der Waals surface area (Å²) in [5.41, 5.74) is 0. The molecule has 86 valence electrons. The van der Waals surface area contributed by atoms with Gasteiger partial charge in [-0.05, 0) is 44.5 Å². The summed E-state index contributed by atoms with van der Waals surface area (Å²) in [5.74, 6) is 0.627. The maximum atomic E-state index is 2.30. The van der Waals surface area contributed by atoms with Gasteiger partial charge < -0.3 is 0 Å². The molecule has 0 aromatic carbocycles. The third kappa shape index (κ3) is 2.55. The van der Waals surface area contributed by atoms with Crippen LogP contribution in [0.5, 0.6) is 0 Å². The van der Waals surface area contributed by atoms with Gasteiger partial charge in [-0.15, -0.1) is 22.7 Å². The van der Waals surface area contributed by atoms with Crippen LogP contribution in [0.1, 0.15) is 45.2 Å². The van der Waals surface area contributed by atoms with E-state index in [9.17, 15) is 0 Å². The molecular formula is C14H18S2. The first-order chi connectivity index (χ1) is 7.70. The largest absolute Gasteiger partial charge is 0.145 e. The van der Waals surface area contributed by atoms with Crippen molar-refractivity contribution < 1.29 is 0 Å². The molecule has 0 saturated heterocycles. The Kier molecular flexibility index (Phi) is 3.82. The van der Waals surface area contributed by atoms with E-state index in [0.717, 1.165) is 0 Å². The third-order valence-corrected chi connectivity index (χ3v) is 5.02. The Hall–Kier alpha value is -0.600. The van der Waals surface area contributed by atoms with Crippen molar-refractivity contribution >= 4 is 22.7 Å². The van der Waals surface area contributed by atoms with Crippen molar-refractivity contribution in [1.29, 1.82) is 0 Å². The summed E-state index contributed by atoms with van der Waals surface area (Å²) in [7, 11) is 0. The molecule has 0 N–H and O–H groups in total. The zero-order valence-electron chi connectivity index (χ0n) is 10.1. The van der Waals surface area contributed by atoms with E-state index in [0.29, 0.717) is 5.92 Å². The van der Waals surface area contributed by atoms with Gasteiger partial charge in [-0.2, -0.15) is 0 Å². The van der Waals surface area contributed by atoms with E-state index < -0.39 is 0 Å². The first kappa shape index (κ1) is 11.9. The van der Waals surface area contributed by atoms with Crippen molar-refractivity contribution in [3.05, 3.63) is 43.8 Å². The molecule has 2 heteroatoms. The molecule has 2 rings (SSSR count). The first-order valence-electron chi connectivity index (χ1n) is 5.83. The minimum absolute atomic E-state index is 0.627. The Labute approximate surface area is 106 Å². The van der Waals surface area contributed by atoms with Crippen LogP contribution in [0.4, 0.5) is 0 Å². The SMILES string of the molecule is CCCC(c1ccc(C)s1)c1ccc(C)s1. The summed E-state index contributed by atoms with van der Waals surface area (Å²) in [4.78, 5) is 5.90. The van der Waals surface area contributed by atoms with Gasteiger partial charge in [-0.3, -0.25) is 0 Å². The maximum Gasteiger partial charge on any atom is 0.0278 e. The van der Waals surface area contributed by atoms with Crippen LogP contribution < -0.4 is 0 Å². The lowest BCUT2D eigenvalue weighted by molar-refractivity contribution is 0.718. The van der Waals surface area contributed by atoms with Crippen molar-refractivity contribution in [3.8, 4) is 0 Å². The molecule has 0 aliphatic heterocycles. The van der Waals surface area contributed by atoms with Gasteiger partial charge in [0.05, 0.1) is 0 Å². The molecule has 0 atom stereocenters. The van der Waals surface area contributed by atoms with Crippen LogP contribution in [-0.4, -0.2) is 0 Å². The van der Waals surface area contributed by atoms with Gasteiger partial charge in [-0.25, -0.2) is 0 Å². The average molecular weight is 250 g/mol. The molecule has 2 aromatic heterocycles. The molecule has 2 aromatic rings. The van der Waals surface area contributed by atoms with Gasteiger partial charge >= 0.3 is 0 Å². The van der Waals surface area contributed by atoms with Crippen molar-refractivity contribution in [2.45, 2.75) is 39.5 Å². The Bertz CT molecular complexity index is 411. The van der Waals surface area contributed by atoms with E-state index in [4.69, 9.17) is 0 Å². The number of hydrogen-bond donors (Lipinski definition) is 0. The Morgan fingerprint density at radius 3 is 1.75 bits per heavy atom. The minimum Gasteiger partial charge on any atom is -0.145 e. The van der Waals surface area contributed by atoms with E-state index in [2.05, 4.69) is 45.0 Å². The molecule has 0 bridgehead atoms. The lowest BCUT2D eigenvalue weighted by Crippen LogP contribution is -1.95. The van der Waals surface area contributed by atoms with Crippen molar-refractivity contribution in [2.24, 2.45) is 0 Å². The Balaban J connectivity index is 2.30. The molecule has 0 saturated carbocycles. The van der Waals surface area contributed by atoms with Crippen LogP contribution in [0.15, 0.2) is 24.3 Å². The number of aryl methyl sites for hydroxylation is 2. The smallest absolute Gasteiger partial charge is 0.0278 e. The van der Waals surface area contributed by atoms with Gasteiger partial charge in [0.25, 0.3) is 0 Å². The molecule has 0 fully saturated rings. The number of rotatable bonds is 4. The van der Waals surface area contributed by atoms with E-state index in [1.807, 2.05) is 22.7 Å². The van der Waals surface area contributed by atoms with Gasteiger partial charge in [0, 0.05) is 25.4 Å². The standard InChI is InChI=1S/C14H18S2/c1-4-5-12(13-8-6-10(2)15-13)14-9-7-11(3)16-14/h6-9,12H,4-5H2,1-3H3. The predicted molar refractivity (Wildman–Crippen MR) is 74.9 cm³/mol. The van der Waals surface area contributed by atoms with Gasteiger partial charge in [0.15, 0.2) is 0 Å². The predicted octanol–water partition coefficient (Wildman–Crippen LogP) is 5.36. The highest BCUT2D eigenvalue weighted by atomic mass is 32.1. The fourth-order valence-electron chi connectivity index (χ4n) is 1.99. The molecule has 0 radical (unpaired) electrons. The highest BCUT2D eigenvalue weighted by molar-refractivity contribution is 7.13. The summed E-state index contributed by atoms with van der Waals surface area (Å²) in [5, 5.41) is 0. The summed E-state index contributed by atoms with van der Waals surface area (Å²) >= 11 is 3.89. The van der Waals surface area contributed by atoms with E-state index in [1.54, 1.807) is 0 Å².